The molecule has 0 spiro atoms. The third-order valence-electron chi connectivity index (χ3n) is 4.83. The molecule has 3 rings (SSSR count). The molecule has 0 saturated heterocycles. The molecule has 2 aromatic rings. The molecule has 1 aliphatic rings. The Morgan fingerprint density at radius 1 is 0.960 bits per heavy atom. The van der Waals surface area contributed by atoms with Gasteiger partial charge in [-0.15, -0.1) is 0 Å². The minimum atomic E-state index is -0.354. The van der Waals surface area contributed by atoms with Crippen molar-refractivity contribution in [1.82, 2.24) is 15.6 Å². The Hall–Kier alpha value is -2.69. The van der Waals surface area contributed by atoms with Crippen LogP contribution in [0.5, 0.6) is 0 Å². The summed E-state index contributed by atoms with van der Waals surface area (Å²) in [5.41, 5.74) is 1.79. The van der Waals surface area contributed by atoms with Crippen LogP contribution in [-0.2, 0) is 22.6 Å². The second kappa shape index (κ2) is 7.92. The summed E-state index contributed by atoms with van der Waals surface area (Å²) in [7, 11) is 0. The van der Waals surface area contributed by atoms with E-state index in [0.29, 0.717) is 6.54 Å². The summed E-state index contributed by atoms with van der Waals surface area (Å²) >= 11 is 0. The summed E-state index contributed by atoms with van der Waals surface area (Å²) in [5.74, 6) is -0.194. The fourth-order valence-corrected chi connectivity index (χ4v) is 3.19. The van der Waals surface area contributed by atoms with E-state index < -0.39 is 0 Å². The summed E-state index contributed by atoms with van der Waals surface area (Å²) in [5, 5.41) is 5.63. The number of hydrogen-bond acceptors (Lipinski definition) is 3. The summed E-state index contributed by atoms with van der Waals surface area (Å²) in [6, 6.07) is 13.8. The van der Waals surface area contributed by atoms with E-state index >= 15 is 0 Å². The van der Waals surface area contributed by atoms with Gasteiger partial charge in [-0.2, -0.15) is 0 Å². The van der Waals surface area contributed by atoms with Gasteiger partial charge in [0.05, 0.1) is 12.0 Å². The normalized spacial score (nSPS) is 15.0. The Kier molecular flexibility index (Phi) is 5.43. The lowest BCUT2D eigenvalue weighted by Crippen LogP contribution is -2.49. The van der Waals surface area contributed by atoms with Crippen LogP contribution in [0.25, 0.3) is 0 Å². The molecule has 5 nitrogen and oxygen atoms in total. The fraction of sp³-hybridized carbons (Fsp3) is 0.350. The minimum absolute atomic E-state index is 0.0123. The van der Waals surface area contributed by atoms with Crippen molar-refractivity contribution < 1.29 is 9.59 Å². The average molecular weight is 337 g/mol. The van der Waals surface area contributed by atoms with Crippen LogP contribution in [0.3, 0.4) is 0 Å². The maximum Gasteiger partial charge on any atom is 0.239 e. The Balaban J connectivity index is 1.48. The molecular formula is C20H23N3O2. The molecule has 130 valence electrons. The Morgan fingerprint density at radius 3 is 2.32 bits per heavy atom. The predicted octanol–water partition coefficient (Wildman–Crippen LogP) is 2.23. The molecule has 1 heterocycles. The number of carbonyl (C=O) groups excluding carboxylic acids is 2. The topological polar surface area (TPSA) is 71.1 Å². The van der Waals surface area contributed by atoms with Gasteiger partial charge in [-0.05, 0) is 42.5 Å². The molecule has 1 saturated carbocycles. The lowest BCUT2D eigenvalue weighted by Gasteiger charge is -2.40. The van der Waals surface area contributed by atoms with Crippen LogP contribution in [0.1, 0.15) is 30.4 Å². The summed E-state index contributed by atoms with van der Waals surface area (Å²) in [4.78, 5) is 28.5. The maximum atomic E-state index is 12.6. The fourth-order valence-electron chi connectivity index (χ4n) is 3.19. The van der Waals surface area contributed by atoms with E-state index in [1.54, 1.807) is 12.4 Å². The number of nitrogens with zero attached hydrogens (tertiary/aromatic N) is 1. The van der Waals surface area contributed by atoms with E-state index in [9.17, 15) is 9.59 Å². The second-order valence-corrected chi connectivity index (χ2v) is 6.61. The van der Waals surface area contributed by atoms with Crippen molar-refractivity contribution in [3.8, 4) is 0 Å². The van der Waals surface area contributed by atoms with Gasteiger partial charge < -0.3 is 10.6 Å². The number of hydrogen-bond donors (Lipinski definition) is 2. The molecule has 1 aromatic heterocycles. The van der Waals surface area contributed by atoms with Crippen molar-refractivity contribution in [1.29, 1.82) is 0 Å². The first-order chi connectivity index (χ1) is 12.2. The number of pyridine rings is 1. The molecule has 0 aliphatic heterocycles. The number of benzene rings is 1. The van der Waals surface area contributed by atoms with E-state index in [1.807, 2.05) is 30.3 Å². The zero-order valence-electron chi connectivity index (χ0n) is 14.2. The van der Waals surface area contributed by atoms with Crippen molar-refractivity contribution >= 4 is 11.8 Å². The molecular weight excluding hydrogens is 314 g/mol. The zero-order valence-corrected chi connectivity index (χ0v) is 14.2. The monoisotopic (exact) mass is 337 g/mol. The smallest absolute Gasteiger partial charge is 0.239 e. The lowest BCUT2D eigenvalue weighted by molar-refractivity contribution is -0.137. The number of amides is 2. The van der Waals surface area contributed by atoms with Crippen LogP contribution in [0.2, 0.25) is 0 Å². The second-order valence-electron chi connectivity index (χ2n) is 6.61. The Bertz CT molecular complexity index is 712. The highest BCUT2D eigenvalue weighted by Crippen LogP contribution is 2.43. The van der Waals surface area contributed by atoms with Gasteiger partial charge in [0, 0.05) is 18.9 Å². The predicted molar refractivity (Wildman–Crippen MR) is 95.5 cm³/mol. The minimum Gasteiger partial charge on any atom is -0.350 e. The first-order valence-corrected chi connectivity index (χ1v) is 8.66. The quantitative estimate of drug-likeness (QED) is 0.814. The van der Waals surface area contributed by atoms with Crippen molar-refractivity contribution in [2.45, 2.75) is 32.2 Å². The average Bonchev–Trinajstić information content (AvgIpc) is 2.62. The van der Waals surface area contributed by atoms with Crippen molar-refractivity contribution in [3.05, 3.63) is 66.0 Å². The first kappa shape index (κ1) is 17.1. The van der Waals surface area contributed by atoms with Crippen LogP contribution in [0, 0.1) is 5.41 Å². The SMILES string of the molecule is O=C(CNC(=O)C1(Cc2ccccc2)CCC1)NCc1ccncc1. The molecule has 2 amide bonds. The first-order valence-electron chi connectivity index (χ1n) is 8.66. The third kappa shape index (κ3) is 4.44. The highest BCUT2D eigenvalue weighted by atomic mass is 16.2. The number of rotatable bonds is 7. The number of nitrogens with one attached hydrogen (secondary N) is 2. The van der Waals surface area contributed by atoms with Gasteiger partial charge in [-0.25, -0.2) is 0 Å². The molecule has 0 atom stereocenters. The van der Waals surface area contributed by atoms with Crippen LogP contribution >= 0.6 is 0 Å². The maximum absolute atomic E-state index is 12.6. The van der Waals surface area contributed by atoms with Gasteiger partial charge in [-0.1, -0.05) is 36.8 Å². The molecule has 0 bridgehead atoms. The number of carbonyl (C=O) groups is 2. The van der Waals surface area contributed by atoms with Crippen molar-refractivity contribution in [3.63, 3.8) is 0 Å². The Labute approximate surface area is 147 Å². The van der Waals surface area contributed by atoms with Gasteiger partial charge >= 0.3 is 0 Å². The highest BCUT2D eigenvalue weighted by molar-refractivity contribution is 5.88. The summed E-state index contributed by atoms with van der Waals surface area (Å²) in [6.07, 6.45) is 6.94. The van der Waals surface area contributed by atoms with Crippen LogP contribution in [0.15, 0.2) is 54.9 Å². The Morgan fingerprint density at radius 2 is 1.68 bits per heavy atom. The standard InChI is InChI=1S/C20H23N3O2/c24-18(22-14-17-7-11-21-12-8-17)15-23-19(25)20(9-4-10-20)13-16-5-2-1-3-6-16/h1-3,5-8,11-12H,4,9-10,13-15H2,(H,22,24)(H,23,25). The van der Waals surface area contributed by atoms with E-state index in [1.165, 1.54) is 5.56 Å². The lowest BCUT2D eigenvalue weighted by atomic mass is 9.64. The van der Waals surface area contributed by atoms with Crippen LogP contribution in [-0.4, -0.2) is 23.3 Å². The van der Waals surface area contributed by atoms with E-state index in [-0.39, 0.29) is 23.8 Å². The summed E-state index contributed by atoms with van der Waals surface area (Å²) in [6.45, 7) is 0.451. The van der Waals surface area contributed by atoms with Crippen molar-refractivity contribution in [2.24, 2.45) is 5.41 Å². The number of aromatic nitrogens is 1. The third-order valence-corrected chi connectivity index (χ3v) is 4.83. The van der Waals surface area contributed by atoms with E-state index in [0.717, 1.165) is 31.2 Å². The zero-order chi connectivity index (χ0) is 17.5. The molecule has 1 aromatic carbocycles. The van der Waals surface area contributed by atoms with Crippen LogP contribution < -0.4 is 10.6 Å². The van der Waals surface area contributed by atoms with Crippen LogP contribution in [0.4, 0.5) is 0 Å². The molecule has 0 unspecified atom stereocenters. The highest BCUT2D eigenvalue weighted by Gasteiger charge is 2.43. The molecule has 2 N–H and O–H groups in total. The van der Waals surface area contributed by atoms with Gasteiger partial charge in [0.1, 0.15) is 0 Å². The summed E-state index contributed by atoms with van der Waals surface area (Å²) < 4.78 is 0. The van der Waals surface area contributed by atoms with Gasteiger partial charge in [0.2, 0.25) is 11.8 Å². The molecule has 5 heteroatoms. The molecule has 0 radical (unpaired) electrons. The van der Waals surface area contributed by atoms with Crippen molar-refractivity contribution in [2.75, 3.05) is 6.54 Å². The molecule has 1 aliphatic carbocycles. The molecule has 25 heavy (non-hydrogen) atoms. The largest absolute Gasteiger partial charge is 0.350 e. The van der Waals surface area contributed by atoms with Gasteiger partial charge in [0.25, 0.3) is 0 Å². The van der Waals surface area contributed by atoms with Gasteiger partial charge in [0.15, 0.2) is 0 Å². The molecule has 1 fully saturated rings. The van der Waals surface area contributed by atoms with E-state index in [2.05, 4.69) is 27.8 Å². The van der Waals surface area contributed by atoms with E-state index in [4.69, 9.17) is 0 Å². The van der Waals surface area contributed by atoms with Gasteiger partial charge in [-0.3, -0.25) is 14.6 Å².